The Hall–Kier alpha value is 0.210. The van der Waals surface area contributed by atoms with Gasteiger partial charge in [0.2, 0.25) is 0 Å². The molecule has 2 aliphatic rings. The molecule has 1 saturated carbocycles. The van der Waals surface area contributed by atoms with Crippen LogP contribution in [0.5, 0.6) is 0 Å². The number of halogens is 1. The molecule has 2 atom stereocenters. The number of rotatable bonds is 0. The van der Waals surface area contributed by atoms with Gasteiger partial charge in [0.05, 0.1) is 13.2 Å². The molecule has 2 rings (SSSR count). The van der Waals surface area contributed by atoms with E-state index in [4.69, 9.17) is 10.5 Å². The van der Waals surface area contributed by atoms with Gasteiger partial charge in [0.15, 0.2) is 0 Å². The third kappa shape index (κ3) is 0.642. The molecule has 2 N–H and O–H groups in total. The number of fused-ring (bicyclic) bond motifs is 1. The second-order valence-corrected chi connectivity index (χ2v) is 2.65. The van der Waals surface area contributed by atoms with Crippen molar-refractivity contribution >= 4 is 12.4 Å². The lowest BCUT2D eigenvalue weighted by molar-refractivity contribution is 0.161. The van der Waals surface area contributed by atoms with E-state index < -0.39 is 0 Å². The van der Waals surface area contributed by atoms with Crippen LogP contribution < -0.4 is 5.73 Å². The number of ether oxygens (including phenoxy) is 1. The molecule has 0 aromatic rings. The Balaban J connectivity index is 0.000000320. The average molecular weight is 136 g/mol. The van der Waals surface area contributed by atoms with Gasteiger partial charge in [-0.1, -0.05) is 0 Å². The van der Waals surface area contributed by atoms with Crippen LogP contribution in [0.1, 0.15) is 6.42 Å². The van der Waals surface area contributed by atoms with Gasteiger partial charge in [-0.05, 0) is 6.42 Å². The Morgan fingerprint density at radius 3 is 2.50 bits per heavy atom. The van der Waals surface area contributed by atoms with Gasteiger partial charge in [0, 0.05) is 11.5 Å². The van der Waals surface area contributed by atoms with Gasteiger partial charge >= 0.3 is 0 Å². The lowest BCUT2D eigenvalue weighted by Gasteiger charge is -1.97. The van der Waals surface area contributed by atoms with Gasteiger partial charge in [-0.3, -0.25) is 0 Å². The highest BCUT2D eigenvalue weighted by molar-refractivity contribution is 5.85. The highest BCUT2D eigenvalue weighted by Crippen LogP contribution is 2.45. The topological polar surface area (TPSA) is 35.2 Å². The predicted octanol–water partition coefficient (Wildman–Crippen LogP) is 0.156. The maximum Gasteiger partial charge on any atom is 0.0650 e. The molecule has 0 aromatic carbocycles. The Bertz CT molecular complexity index is 107. The van der Waals surface area contributed by atoms with E-state index in [2.05, 4.69) is 0 Å². The van der Waals surface area contributed by atoms with E-state index >= 15 is 0 Å². The van der Waals surface area contributed by atoms with Gasteiger partial charge < -0.3 is 10.5 Å². The summed E-state index contributed by atoms with van der Waals surface area (Å²) in [6, 6.07) is 0. The molecule has 2 nitrogen and oxygen atoms in total. The summed E-state index contributed by atoms with van der Waals surface area (Å²) in [6.45, 7) is 1.72. The summed E-state index contributed by atoms with van der Waals surface area (Å²) < 4.78 is 5.08. The van der Waals surface area contributed by atoms with Crippen molar-refractivity contribution in [3.63, 3.8) is 0 Å². The predicted molar refractivity (Wildman–Crippen MR) is 33.1 cm³/mol. The van der Waals surface area contributed by atoms with Gasteiger partial charge in [-0.25, -0.2) is 0 Å². The van der Waals surface area contributed by atoms with Crippen LogP contribution in [-0.2, 0) is 4.74 Å². The minimum absolute atomic E-state index is 0. The zero-order chi connectivity index (χ0) is 4.91. The fourth-order valence-electron chi connectivity index (χ4n) is 1.19. The lowest BCUT2D eigenvalue weighted by Crippen LogP contribution is -2.25. The second-order valence-electron chi connectivity index (χ2n) is 2.65. The molecular formula is C5H10ClNO. The van der Waals surface area contributed by atoms with Crippen molar-refractivity contribution in [3.05, 3.63) is 0 Å². The van der Waals surface area contributed by atoms with Crippen LogP contribution >= 0.6 is 12.4 Å². The minimum Gasteiger partial charge on any atom is -0.379 e. The van der Waals surface area contributed by atoms with Crippen LogP contribution in [0.15, 0.2) is 0 Å². The van der Waals surface area contributed by atoms with Crippen molar-refractivity contribution < 1.29 is 4.74 Å². The zero-order valence-electron chi connectivity index (χ0n) is 4.59. The Morgan fingerprint density at radius 2 is 2.38 bits per heavy atom. The summed E-state index contributed by atoms with van der Waals surface area (Å²) in [5, 5.41) is 0. The van der Waals surface area contributed by atoms with E-state index in [0.717, 1.165) is 13.2 Å². The normalized spacial score (nSPS) is 49.9. The quantitative estimate of drug-likeness (QED) is 0.514. The summed E-state index contributed by atoms with van der Waals surface area (Å²) in [5.41, 5.74) is 5.87. The summed E-state index contributed by atoms with van der Waals surface area (Å²) in [6.07, 6.45) is 1.20. The third-order valence-corrected chi connectivity index (χ3v) is 1.97. The summed E-state index contributed by atoms with van der Waals surface area (Å²) in [7, 11) is 0. The third-order valence-electron chi connectivity index (χ3n) is 1.97. The number of hydrogen-bond acceptors (Lipinski definition) is 2. The Kier molecular flexibility index (Phi) is 1.26. The summed E-state index contributed by atoms with van der Waals surface area (Å²) in [4.78, 5) is 0. The van der Waals surface area contributed by atoms with Crippen LogP contribution in [0.3, 0.4) is 0 Å². The molecule has 0 radical (unpaired) electrons. The van der Waals surface area contributed by atoms with E-state index in [9.17, 15) is 0 Å². The molecule has 1 heterocycles. The Labute approximate surface area is 54.8 Å². The molecule has 0 amide bonds. The molecule has 48 valence electrons. The molecule has 0 aromatic heterocycles. The molecule has 0 bridgehead atoms. The first-order valence-corrected chi connectivity index (χ1v) is 2.68. The van der Waals surface area contributed by atoms with Gasteiger partial charge in [-0.15, -0.1) is 12.4 Å². The molecule has 3 heteroatoms. The average Bonchev–Trinajstić information content (AvgIpc) is 2.09. The minimum atomic E-state index is 0. The van der Waals surface area contributed by atoms with E-state index in [1.807, 2.05) is 0 Å². The van der Waals surface area contributed by atoms with Crippen molar-refractivity contribution in [2.75, 3.05) is 13.2 Å². The lowest BCUT2D eigenvalue weighted by atomic mass is 10.3. The molecule has 1 aliphatic carbocycles. The first-order valence-electron chi connectivity index (χ1n) is 2.68. The largest absolute Gasteiger partial charge is 0.379 e. The summed E-state index contributed by atoms with van der Waals surface area (Å²) >= 11 is 0. The smallest absolute Gasteiger partial charge is 0.0650 e. The first-order chi connectivity index (χ1) is 3.31. The van der Waals surface area contributed by atoms with Crippen LogP contribution in [0.4, 0.5) is 0 Å². The van der Waals surface area contributed by atoms with Crippen molar-refractivity contribution in [2.45, 2.75) is 12.0 Å². The second kappa shape index (κ2) is 1.59. The van der Waals surface area contributed by atoms with Crippen molar-refractivity contribution in [1.29, 1.82) is 0 Å². The molecule has 8 heavy (non-hydrogen) atoms. The number of hydrogen-bond donors (Lipinski definition) is 1. The molecule has 0 spiro atoms. The van der Waals surface area contributed by atoms with E-state index in [1.165, 1.54) is 6.42 Å². The van der Waals surface area contributed by atoms with Gasteiger partial charge in [-0.2, -0.15) is 0 Å². The highest BCUT2D eigenvalue weighted by atomic mass is 35.5. The monoisotopic (exact) mass is 135 g/mol. The van der Waals surface area contributed by atoms with Gasteiger partial charge in [0.25, 0.3) is 0 Å². The zero-order valence-corrected chi connectivity index (χ0v) is 5.41. The van der Waals surface area contributed by atoms with Crippen LogP contribution in [0, 0.1) is 5.92 Å². The Morgan fingerprint density at radius 1 is 1.62 bits per heavy atom. The maximum absolute atomic E-state index is 5.73. The standard InChI is InChI=1S/C5H9NO.ClH/c6-5-1-4(5)2-7-3-5;/h4H,1-3,6H2;1H/t4-,5+;/m1./s1. The molecule has 1 aliphatic heterocycles. The van der Waals surface area contributed by atoms with Gasteiger partial charge in [0.1, 0.15) is 0 Å². The van der Waals surface area contributed by atoms with Crippen LogP contribution in [0.25, 0.3) is 0 Å². The van der Waals surface area contributed by atoms with E-state index in [1.54, 1.807) is 0 Å². The molecule has 2 fully saturated rings. The first kappa shape index (κ1) is 6.33. The summed E-state index contributed by atoms with van der Waals surface area (Å²) in [5.74, 6) is 0.715. The SMILES string of the molecule is Cl.N[C@@]12COC[C@H]1C2. The van der Waals surface area contributed by atoms with Crippen LogP contribution in [0.2, 0.25) is 0 Å². The molecule has 0 unspecified atom stereocenters. The van der Waals surface area contributed by atoms with Crippen molar-refractivity contribution in [3.8, 4) is 0 Å². The highest BCUT2D eigenvalue weighted by Gasteiger charge is 2.55. The maximum atomic E-state index is 5.73. The molecule has 1 saturated heterocycles. The fourth-order valence-corrected chi connectivity index (χ4v) is 1.19. The fraction of sp³-hybridized carbons (Fsp3) is 1.00. The number of nitrogens with two attached hydrogens (primary N) is 1. The van der Waals surface area contributed by atoms with E-state index in [0.29, 0.717) is 5.92 Å². The molecular weight excluding hydrogens is 126 g/mol. The van der Waals surface area contributed by atoms with Crippen molar-refractivity contribution in [1.82, 2.24) is 0 Å². The van der Waals surface area contributed by atoms with Crippen molar-refractivity contribution in [2.24, 2.45) is 11.7 Å². The van der Waals surface area contributed by atoms with E-state index in [-0.39, 0.29) is 17.9 Å². The van der Waals surface area contributed by atoms with Crippen LogP contribution in [-0.4, -0.2) is 18.8 Å².